The summed E-state index contributed by atoms with van der Waals surface area (Å²) in [7, 11) is 1.87. The molecule has 2 aromatic heterocycles. The summed E-state index contributed by atoms with van der Waals surface area (Å²) < 4.78 is 7.13. The SMILES string of the molecule is CCC(=O)c1nc(-c2cnn(C)c2)sc1N1CCOCC1. The zero-order valence-electron chi connectivity index (χ0n) is 12.2. The Morgan fingerprint density at radius 1 is 1.43 bits per heavy atom. The summed E-state index contributed by atoms with van der Waals surface area (Å²) in [6, 6.07) is 0. The van der Waals surface area contributed by atoms with E-state index < -0.39 is 0 Å². The number of aryl methyl sites for hydroxylation is 1. The molecule has 0 spiro atoms. The van der Waals surface area contributed by atoms with Crippen LogP contribution in [0, 0.1) is 0 Å². The Bertz CT molecular complexity index is 643. The molecule has 0 amide bonds. The lowest BCUT2D eigenvalue weighted by Gasteiger charge is -2.27. The maximum absolute atomic E-state index is 12.2. The first-order chi connectivity index (χ1) is 10.2. The summed E-state index contributed by atoms with van der Waals surface area (Å²) in [4.78, 5) is 19.0. The Morgan fingerprint density at radius 3 is 2.81 bits per heavy atom. The maximum atomic E-state index is 12.2. The van der Waals surface area contributed by atoms with E-state index in [2.05, 4.69) is 15.0 Å². The molecule has 21 heavy (non-hydrogen) atoms. The fraction of sp³-hybridized carbons (Fsp3) is 0.500. The molecule has 0 atom stereocenters. The van der Waals surface area contributed by atoms with Crippen molar-refractivity contribution in [3.63, 3.8) is 0 Å². The standard InChI is InChI=1S/C14H18N4O2S/c1-3-11(19)12-14(18-4-6-20-7-5-18)21-13(16-12)10-8-15-17(2)9-10/h8-9H,3-7H2,1-2H3. The van der Waals surface area contributed by atoms with Crippen LogP contribution in [-0.4, -0.2) is 46.9 Å². The van der Waals surface area contributed by atoms with Crippen LogP contribution in [0.4, 0.5) is 5.00 Å². The predicted molar refractivity (Wildman–Crippen MR) is 82.0 cm³/mol. The highest BCUT2D eigenvalue weighted by Crippen LogP contribution is 2.35. The quantitative estimate of drug-likeness (QED) is 0.808. The van der Waals surface area contributed by atoms with Crippen LogP contribution >= 0.6 is 11.3 Å². The van der Waals surface area contributed by atoms with Crippen LogP contribution in [-0.2, 0) is 11.8 Å². The number of ether oxygens (including phenoxy) is 1. The third kappa shape index (κ3) is 2.84. The van der Waals surface area contributed by atoms with Crippen molar-refractivity contribution < 1.29 is 9.53 Å². The van der Waals surface area contributed by atoms with E-state index in [4.69, 9.17) is 4.74 Å². The number of anilines is 1. The number of aromatic nitrogens is 3. The van der Waals surface area contributed by atoms with Gasteiger partial charge in [0.15, 0.2) is 5.78 Å². The monoisotopic (exact) mass is 306 g/mol. The van der Waals surface area contributed by atoms with Crippen LogP contribution in [0.2, 0.25) is 0 Å². The van der Waals surface area contributed by atoms with Gasteiger partial charge in [-0.2, -0.15) is 5.10 Å². The van der Waals surface area contributed by atoms with E-state index in [1.54, 1.807) is 22.2 Å². The van der Waals surface area contributed by atoms with Gasteiger partial charge in [0, 0.05) is 38.3 Å². The predicted octanol–water partition coefficient (Wildman–Crippen LogP) is 1.97. The Morgan fingerprint density at radius 2 is 2.19 bits per heavy atom. The molecule has 3 heterocycles. The van der Waals surface area contributed by atoms with Crippen LogP contribution in [0.25, 0.3) is 10.6 Å². The molecule has 0 N–H and O–H groups in total. The van der Waals surface area contributed by atoms with E-state index >= 15 is 0 Å². The highest BCUT2D eigenvalue weighted by atomic mass is 32.1. The molecular weight excluding hydrogens is 288 g/mol. The molecule has 112 valence electrons. The Hall–Kier alpha value is -1.73. The fourth-order valence-corrected chi connectivity index (χ4v) is 3.41. The summed E-state index contributed by atoms with van der Waals surface area (Å²) in [6.45, 7) is 4.87. The Labute approximate surface area is 127 Å². The molecule has 0 radical (unpaired) electrons. The maximum Gasteiger partial charge on any atom is 0.183 e. The van der Waals surface area contributed by atoms with Crippen LogP contribution in [0.1, 0.15) is 23.8 Å². The third-order valence-electron chi connectivity index (χ3n) is 3.44. The van der Waals surface area contributed by atoms with Gasteiger partial charge in [-0.05, 0) is 0 Å². The number of ketones is 1. The van der Waals surface area contributed by atoms with Crippen molar-refractivity contribution in [1.29, 1.82) is 0 Å². The number of morpholine rings is 1. The normalized spacial score (nSPS) is 15.4. The number of nitrogens with zero attached hydrogens (tertiary/aromatic N) is 4. The van der Waals surface area contributed by atoms with Gasteiger partial charge >= 0.3 is 0 Å². The average molecular weight is 306 g/mol. The topological polar surface area (TPSA) is 60.2 Å². The van der Waals surface area contributed by atoms with Crippen molar-refractivity contribution >= 4 is 22.1 Å². The summed E-state index contributed by atoms with van der Waals surface area (Å²) in [5.74, 6) is 0.0860. The van der Waals surface area contributed by atoms with Crippen molar-refractivity contribution in [1.82, 2.24) is 14.8 Å². The smallest absolute Gasteiger partial charge is 0.183 e. The minimum absolute atomic E-state index is 0.0860. The lowest BCUT2D eigenvalue weighted by Crippen LogP contribution is -2.36. The second kappa shape index (κ2) is 5.95. The van der Waals surface area contributed by atoms with Crippen molar-refractivity contribution in [2.24, 2.45) is 7.05 Å². The molecule has 6 nitrogen and oxygen atoms in total. The van der Waals surface area contributed by atoms with Crippen molar-refractivity contribution in [2.75, 3.05) is 31.2 Å². The lowest BCUT2D eigenvalue weighted by molar-refractivity contribution is 0.0982. The molecule has 0 aromatic carbocycles. The molecule has 0 saturated carbocycles. The van der Waals surface area contributed by atoms with E-state index in [9.17, 15) is 4.79 Å². The lowest BCUT2D eigenvalue weighted by atomic mass is 10.2. The van der Waals surface area contributed by atoms with Gasteiger partial charge in [0.05, 0.1) is 19.4 Å². The molecule has 2 aromatic rings. The zero-order chi connectivity index (χ0) is 14.8. The number of carbonyl (C=O) groups excluding carboxylic acids is 1. The fourth-order valence-electron chi connectivity index (χ4n) is 2.30. The molecule has 1 fully saturated rings. The van der Waals surface area contributed by atoms with Gasteiger partial charge in [-0.1, -0.05) is 18.3 Å². The number of rotatable bonds is 4. The van der Waals surface area contributed by atoms with Gasteiger partial charge in [0.2, 0.25) is 0 Å². The van der Waals surface area contributed by atoms with Crippen LogP contribution in [0.5, 0.6) is 0 Å². The van der Waals surface area contributed by atoms with Gasteiger partial charge in [0.25, 0.3) is 0 Å². The first kappa shape index (κ1) is 14.2. The molecule has 1 saturated heterocycles. The largest absolute Gasteiger partial charge is 0.378 e. The first-order valence-corrected chi connectivity index (χ1v) is 7.86. The van der Waals surface area contributed by atoms with E-state index in [1.807, 2.05) is 20.2 Å². The molecule has 3 rings (SSSR count). The number of hydrogen-bond donors (Lipinski definition) is 0. The van der Waals surface area contributed by atoms with Gasteiger partial charge < -0.3 is 9.64 Å². The minimum atomic E-state index is 0.0860. The Balaban J connectivity index is 2.00. The molecular formula is C14H18N4O2S. The van der Waals surface area contributed by atoms with Crippen molar-refractivity contribution in [3.8, 4) is 10.6 Å². The first-order valence-electron chi connectivity index (χ1n) is 7.04. The summed E-state index contributed by atoms with van der Waals surface area (Å²) >= 11 is 1.56. The second-order valence-corrected chi connectivity index (χ2v) is 5.93. The van der Waals surface area contributed by atoms with Gasteiger partial charge in [0.1, 0.15) is 15.7 Å². The van der Waals surface area contributed by atoms with Gasteiger partial charge in [-0.25, -0.2) is 4.98 Å². The highest BCUT2D eigenvalue weighted by Gasteiger charge is 2.24. The summed E-state index contributed by atoms with van der Waals surface area (Å²) in [5.41, 5.74) is 1.54. The van der Waals surface area contributed by atoms with Crippen molar-refractivity contribution in [2.45, 2.75) is 13.3 Å². The van der Waals surface area contributed by atoms with E-state index in [0.29, 0.717) is 25.3 Å². The number of carbonyl (C=O) groups is 1. The molecule has 0 aliphatic carbocycles. The van der Waals surface area contributed by atoms with E-state index in [1.165, 1.54) is 0 Å². The molecule has 0 bridgehead atoms. The summed E-state index contributed by atoms with van der Waals surface area (Å²) in [5, 5.41) is 5.98. The number of Topliss-reactive ketones (excluding diaryl/α,β-unsaturated/α-hetero) is 1. The van der Waals surface area contributed by atoms with Gasteiger partial charge in [-0.15, -0.1) is 0 Å². The third-order valence-corrected chi connectivity index (χ3v) is 4.61. The Kier molecular flexibility index (Phi) is 4.03. The van der Waals surface area contributed by atoms with E-state index in [-0.39, 0.29) is 5.78 Å². The molecule has 1 aliphatic rings. The summed E-state index contributed by atoms with van der Waals surface area (Å²) in [6.07, 6.45) is 4.16. The zero-order valence-corrected chi connectivity index (χ0v) is 13.0. The number of hydrogen-bond acceptors (Lipinski definition) is 6. The van der Waals surface area contributed by atoms with Crippen molar-refractivity contribution in [3.05, 3.63) is 18.1 Å². The van der Waals surface area contributed by atoms with Crippen LogP contribution < -0.4 is 4.90 Å². The molecule has 7 heteroatoms. The van der Waals surface area contributed by atoms with E-state index in [0.717, 1.165) is 28.7 Å². The second-order valence-electron chi connectivity index (χ2n) is 4.95. The minimum Gasteiger partial charge on any atom is -0.378 e. The average Bonchev–Trinajstić information content (AvgIpc) is 3.13. The molecule has 0 unspecified atom stereocenters. The molecule has 1 aliphatic heterocycles. The highest BCUT2D eigenvalue weighted by molar-refractivity contribution is 7.19. The van der Waals surface area contributed by atoms with Gasteiger partial charge in [-0.3, -0.25) is 9.48 Å². The number of thiazole rings is 1. The van der Waals surface area contributed by atoms with Crippen LogP contribution in [0.3, 0.4) is 0 Å². The van der Waals surface area contributed by atoms with Crippen LogP contribution in [0.15, 0.2) is 12.4 Å².